The van der Waals surface area contributed by atoms with E-state index < -0.39 is 0 Å². The second kappa shape index (κ2) is 4.96. The van der Waals surface area contributed by atoms with Crippen LogP contribution in [-0.2, 0) is 11.2 Å². The van der Waals surface area contributed by atoms with Crippen LogP contribution in [0, 0.1) is 0 Å². The van der Waals surface area contributed by atoms with Crippen LogP contribution in [0.2, 0.25) is 0 Å². The minimum absolute atomic E-state index is 0.490. The van der Waals surface area contributed by atoms with E-state index in [-0.39, 0.29) is 0 Å². The fraction of sp³-hybridized carbons (Fsp3) is 0.462. The Balaban J connectivity index is 1.73. The number of anilines is 1. The normalized spacial score (nSPS) is 17.3. The van der Waals surface area contributed by atoms with Crippen LogP contribution in [0.3, 0.4) is 0 Å². The minimum atomic E-state index is 0.490. The number of H-pyrrole nitrogens is 1. The van der Waals surface area contributed by atoms with Crippen molar-refractivity contribution >= 4 is 17.0 Å². The van der Waals surface area contributed by atoms with Crippen molar-refractivity contribution in [3.63, 3.8) is 0 Å². The third kappa shape index (κ3) is 2.32. The van der Waals surface area contributed by atoms with Crippen LogP contribution >= 0.6 is 0 Å². The molecule has 1 aromatic carbocycles. The van der Waals surface area contributed by atoms with Crippen LogP contribution < -0.4 is 5.73 Å². The predicted molar refractivity (Wildman–Crippen MR) is 71.5 cm³/mol. The van der Waals surface area contributed by atoms with Gasteiger partial charge in [0.1, 0.15) is 0 Å². The SMILES string of the molecule is Nc1nc2c(CCN3CCOCC3)cccc2[nH]1. The van der Waals surface area contributed by atoms with E-state index in [9.17, 15) is 0 Å². The lowest BCUT2D eigenvalue weighted by atomic mass is 10.1. The zero-order valence-corrected chi connectivity index (χ0v) is 10.4. The molecule has 96 valence electrons. The first-order valence-corrected chi connectivity index (χ1v) is 6.36. The van der Waals surface area contributed by atoms with Gasteiger partial charge in [0, 0.05) is 19.6 Å². The first kappa shape index (κ1) is 11.5. The van der Waals surface area contributed by atoms with Gasteiger partial charge in [-0.05, 0) is 18.1 Å². The molecule has 3 N–H and O–H groups in total. The number of aromatic amines is 1. The Morgan fingerprint density at radius 1 is 1.33 bits per heavy atom. The van der Waals surface area contributed by atoms with E-state index in [0.29, 0.717) is 5.95 Å². The molecule has 2 aromatic rings. The van der Waals surface area contributed by atoms with E-state index in [4.69, 9.17) is 10.5 Å². The van der Waals surface area contributed by atoms with Crippen molar-refractivity contribution in [2.24, 2.45) is 0 Å². The summed E-state index contributed by atoms with van der Waals surface area (Å²) in [5.74, 6) is 0.490. The Hall–Kier alpha value is -1.59. The zero-order chi connectivity index (χ0) is 12.4. The van der Waals surface area contributed by atoms with Gasteiger partial charge in [-0.25, -0.2) is 4.98 Å². The summed E-state index contributed by atoms with van der Waals surface area (Å²) < 4.78 is 5.35. The molecule has 0 saturated carbocycles. The molecule has 5 nitrogen and oxygen atoms in total. The molecule has 0 amide bonds. The molecular weight excluding hydrogens is 228 g/mol. The molecule has 1 aromatic heterocycles. The number of rotatable bonds is 3. The van der Waals surface area contributed by atoms with E-state index in [0.717, 1.165) is 50.3 Å². The molecule has 0 unspecified atom stereocenters. The number of imidazole rings is 1. The van der Waals surface area contributed by atoms with E-state index >= 15 is 0 Å². The third-order valence-corrected chi connectivity index (χ3v) is 3.42. The number of ether oxygens (including phenoxy) is 1. The number of hydrogen-bond acceptors (Lipinski definition) is 4. The average molecular weight is 246 g/mol. The minimum Gasteiger partial charge on any atom is -0.379 e. The maximum atomic E-state index is 5.70. The van der Waals surface area contributed by atoms with Crippen LogP contribution in [0.4, 0.5) is 5.95 Å². The zero-order valence-electron chi connectivity index (χ0n) is 10.4. The van der Waals surface area contributed by atoms with Gasteiger partial charge < -0.3 is 15.5 Å². The summed E-state index contributed by atoms with van der Waals surface area (Å²) in [4.78, 5) is 9.85. The average Bonchev–Trinajstić information content (AvgIpc) is 2.78. The highest BCUT2D eigenvalue weighted by molar-refractivity contribution is 5.80. The number of aromatic nitrogens is 2. The fourth-order valence-electron chi connectivity index (χ4n) is 2.42. The smallest absolute Gasteiger partial charge is 0.198 e. The number of fused-ring (bicyclic) bond motifs is 1. The number of nitrogens with two attached hydrogens (primary N) is 1. The van der Waals surface area contributed by atoms with Crippen LogP contribution in [0.15, 0.2) is 18.2 Å². The van der Waals surface area contributed by atoms with Crippen LogP contribution in [0.1, 0.15) is 5.56 Å². The summed E-state index contributed by atoms with van der Waals surface area (Å²) >= 11 is 0. The van der Waals surface area contributed by atoms with Crippen molar-refractivity contribution in [3.8, 4) is 0 Å². The molecule has 2 heterocycles. The summed E-state index contributed by atoms with van der Waals surface area (Å²) in [7, 11) is 0. The first-order valence-electron chi connectivity index (χ1n) is 6.36. The maximum Gasteiger partial charge on any atom is 0.198 e. The number of para-hydroxylation sites is 1. The number of nitrogens with zero attached hydrogens (tertiary/aromatic N) is 2. The Morgan fingerprint density at radius 2 is 2.17 bits per heavy atom. The van der Waals surface area contributed by atoms with Crippen molar-refractivity contribution in [1.29, 1.82) is 0 Å². The van der Waals surface area contributed by atoms with Crippen molar-refractivity contribution in [1.82, 2.24) is 14.9 Å². The van der Waals surface area contributed by atoms with Crippen molar-refractivity contribution < 1.29 is 4.74 Å². The van der Waals surface area contributed by atoms with Crippen LogP contribution in [0.5, 0.6) is 0 Å². The molecule has 0 spiro atoms. The van der Waals surface area contributed by atoms with Crippen molar-refractivity contribution in [2.45, 2.75) is 6.42 Å². The highest BCUT2D eigenvalue weighted by Gasteiger charge is 2.11. The van der Waals surface area contributed by atoms with Crippen molar-refractivity contribution in [3.05, 3.63) is 23.8 Å². The highest BCUT2D eigenvalue weighted by Crippen LogP contribution is 2.18. The lowest BCUT2D eigenvalue weighted by Gasteiger charge is -2.26. The van der Waals surface area contributed by atoms with Crippen LogP contribution in [-0.4, -0.2) is 47.7 Å². The number of morpholine rings is 1. The lowest BCUT2D eigenvalue weighted by Crippen LogP contribution is -2.37. The second-order valence-corrected chi connectivity index (χ2v) is 4.64. The van der Waals surface area contributed by atoms with Gasteiger partial charge in [0.05, 0.1) is 24.2 Å². The molecule has 1 saturated heterocycles. The molecular formula is C13H18N4O. The van der Waals surface area contributed by atoms with Gasteiger partial charge in [-0.2, -0.15) is 0 Å². The van der Waals surface area contributed by atoms with E-state index in [1.807, 2.05) is 6.07 Å². The molecule has 1 aliphatic heterocycles. The number of nitrogens with one attached hydrogen (secondary N) is 1. The molecule has 0 atom stereocenters. The van der Waals surface area contributed by atoms with E-state index in [1.54, 1.807) is 0 Å². The lowest BCUT2D eigenvalue weighted by molar-refractivity contribution is 0.0385. The molecule has 3 rings (SSSR count). The fourth-order valence-corrected chi connectivity index (χ4v) is 2.42. The predicted octanol–water partition coefficient (Wildman–Crippen LogP) is 1.02. The summed E-state index contributed by atoms with van der Waals surface area (Å²) in [6.45, 7) is 4.80. The number of benzene rings is 1. The number of hydrogen-bond donors (Lipinski definition) is 2. The topological polar surface area (TPSA) is 67.2 Å². The molecule has 1 aliphatic rings. The molecule has 18 heavy (non-hydrogen) atoms. The van der Waals surface area contributed by atoms with Gasteiger partial charge in [-0.15, -0.1) is 0 Å². The molecule has 0 radical (unpaired) electrons. The molecule has 0 bridgehead atoms. The van der Waals surface area contributed by atoms with E-state index in [2.05, 4.69) is 27.0 Å². The van der Waals surface area contributed by atoms with Gasteiger partial charge in [0.2, 0.25) is 0 Å². The van der Waals surface area contributed by atoms with Gasteiger partial charge in [-0.3, -0.25) is 4.90 Å². The summed E-state index contributed by atoms with van der Waals surface area (Å²) in [5.41, 5.74) is 8.98. The number of nitrogen functional groups attached to an aromatic ring is 1. The Bertz CT molecular complexity index is 531. The summed E-state index contributed by atoms with van der Waals surface area (Å²) in [6.07, 6.45) is 1.00. The maximum absolute atomic E-state index is 5.70. The van der Waals surface area contributed by atoms with Gasteiger partial charge in [-0.1, -0.05) is 12.1 Å². The molecule has 1 fully saturated rings. The van der Waals surface area contributed by atoms with Crippen molar-refractivity contribution in [2.75, 3.05) is 38.6 Å². The Labute approximate surface area is 106 Å². The summed E-state index contributed by atoms with van der Waals surface area (Å²) in [5, 5.41) is 0. The highest BCUT2D eigenvalue weighted by atomic mass is 16.5. The van der Waals surface area contributed by atoms with Crippen LogP contribution in [0.25, 0.3) is 11.0 Å². The first-order chi connectivity index (χ1) is 8.83. The monoisotopic (exact) mass is 246 g/mol. The second-order valence-electron chi connectivity index (χ2n) is 4.64. The summed E-state index contributed by atoms with van der Waals surface area (Å²) in [6, 6.07) is 6.19. The Morgan fingerprint density at radius 3 is 3.00 bits per heavy atom. The van der Waals surface area contributed by atoms with Gasteiger partial charge in [0.25, 0.3) is 0 Å². The molecule has 5 heteroatoms. The standard InChI is InChI=1S/C13H18N4O/c14-13-15-11-3-1-2-10(12(11)16-13)4-5-17-6-8-18-9-7-17/h1-3H,4-9H2,(H3,14,15,16). The largest absolute Gasteiger partial charge is 0.379 e. The van der Waals surface area contributed by atoms with E-state index in [1.165, 1.54) is 5.56 Å². The van der Waals surface area contributed by atoms with Gasteiger partial charge >= 0.3 is 0 Å². The van der Waals surface area contributed by atoms with Gasteiger partial charge in [0.15, 0.2) is 5.95 Å². The quantitative estimate of drug-likeness (QED) is 0.848. The Kier molecular flexibility index (Phi) is 3.17. The third-order valence-electron chi connectivity index (χ3n) is 3.42. The molecule has 0 aliphatic carbocycles.